The summed E-state index contributed by atoms with van der Waals surface area (Å²) in [6.07, 6.45) is 6.91. The number of rotatable bonds is 3. The summed E-state index contributed by atoms with van der Waals surface area (Å²) in [5, 5.41) is 2.23. The maximum absolute atomic E-state index is 12.2. The number of likely N-dealkylation sites (tertiary alicyclic amines) is 1. The van der Waals surface area contributed by atoms with Gasteiger partial charge >= 0.3 is 0 Å². The first-order chi connectivity index (χ1) is 10.3. The quantitative estimate of drug-likeness (QED) is 0.857. The Morgan fingerprint density at radius 1 is 1.19 bits per heavy atom. The van der Waals surface area contributed by atoms with Crippen LogP contribution in [0.3, 0.4) is 0 Å². The lowest BCUT2D eigenvalue weighted by Crippen LogP contribution is -2.47. The van der Waals surface area contributed by atoms with Gasteiger partial charge in [0.1, 0.15) is 0 Å². The molecule has 1 amide bonds. The molecule has 1 aromatic heterocycles. The summed E-state index contributed by atoms with van der Waals surface area (Å²) in [6, 6.07) is 2.98. The van der Waals surface area contributed by atoms with Crippen LogP contribution in [0.4, 0.5) is 0 Å². The smallest absolute Gasteiger partial charge is 0.222 e. The minimum atomic E-state index is 0.412. The second kappa shape index (κ2) is 5.73. The second-order valence-electron chi connectivity index (χ2n) is 6.85. The third-order valence-electron chi connectivity index (χ3n) is 5.33. The Hall–Kier alpha value is -0.870. The Bertz CT molecular complexity index is 515. The minimum absolute atomic E-state index is 0.412. The van der Waals surface area contributed by atoms with E-state index in [1.54, 1.807) is 10.4 Å². The van der Waals surface area contributed by atoms with Gasteiger partial charge in [-0.25, -0.2) is 0 Å². The van der Waals surface area contributed by atoms with Crippen molar-refractivity contribution >= 4 is 17.2 Å². The summed E-state index contributed by atoms with van der Waals surface area (Å²) in [4.78, 5) is 18.5. The molecule has 0 spiro atoms. The fourth-order valence-electron chi connectivity index (χ4n) is 3.76. The van der Waals surface area contributed by atoms with Gasteiger partial charge in [-0.2, -0.15) is 0 Å². The van der Waals surface area contributed by atoms with Crippen LogP contribution in [-0.4, -0.2) is 41.4 Å². The molecule has 4 heteroatoms. The standard InChI is InChI=1S/C17H24N2OS/c20-17(11-13-1-2-13)18-7-3-15(4-8-18)19-9-5-16-14(12-19)6-10-21-16/h6,10,13,15H,1-5,7-9,11-12H2. The normalized spacial score (nSPS) is 24.1. The van der Waals surface area contributed by atoms with E-state index >= 15 is 0 Å². The molecule has 1 aromatic rings. The molecule has 2 fully saturated rings. The molecule has 0 atom stereocenters. The third kappa shape index (κ3) is 3.02. The number of hydrogen-bond donors (Lipinski definition) is 0. The average molecular weight is 304 g/mol. The van der Waals surface area contributed by atoms with Gasteiger partial charge in [0.15, 0.2) is 0 Å². The topological polar surface area (TPSA) is 23.6 Å². The summed E-state index contributed by atoms with van der Waals surface area (Å²) in [7, 11) is 0. The van der Waals surface area contributed by atoms with Crippen LogP contribution in [0.1, 0.15) is 42.5 Å². The highest BCUT2D eigenvalue weighted by Crippen LogP contribution is 2.33. The summed E-state index contributed by atoms with van der Waals surface area (Å²) >= 11 is 1.91. The molecule has 4 rings (SSSR count). The zero-order chi connectivity index (χ0) is 14.2. The van der Waals surface area contributed by atoms with Crippen LogP contribution in [0.2, 0.25) is 0 Å². The number of piperidine rings is 1. The van der Waals surface area contributed by atoms with E-state index in [1.165, 1.54) is 25.8 Å². The van der Waals surface area contributed by atoms with E-state index in [4.69, 9.17) is 0 Å². The van der Waals surface area contributed by atoms with Gasteiger partial charge in [0.2, 0.25) is 5.91 Å². The number of amides is 1. The lowest BCUT2D eigenvalue weighted by molar-refractivity contribution is -0.133. The molecule has 1 saturated heterocycles. The Labute approximate surface area is 130 Å². The van der Waals surface area contributed by atoms with Crippen molar-refractivity contribution in [2.45, 2.75) is 51.1 Å². The maximum atomic E-state index is 12.2. The highest BCUT2D eigenvalue weighted by molar-refractivity contribution is 7.10. The predicted octanol–water partition coefficient (Wildman–Crippen LogP) is 2.90. The lowest BCUT2D eigenvalue weighted by atomic mass is 9.99. The van der Waals surface area contributed by atoms with Crippen LogP contribution in [0, 0.1) is 5.92 Å². The van der Waals surface area contributed by atoms with Crippen LogP contribution in [0.25, 0.3) is 0 Å². The molecule has 0 aromatic carbocycles. The summed E-state index contributed by atoms with van der Waals surface area (Å²) in [5.41, 5.74) is 1.54. The van der Waals surface area contributed by atoms with Gasteiger partial charge in [0.25, 0.3) is 0 Å². The van der Waals surface area contributed by atoms with Crippen LogP contribution >= 0.6 is 11.3 Å². The van der Waals surface area contributed by atoms with Gasteiger partial charge in [-0.05, 0) is 55.0 Å². The molecule has 0 radical (unpaired) electrons. The highest BCUT2D eigenvalue weighted by Gasteiger charge is 2.31. The summed E-state index contributed by atoms with van der Waals surface area (Å²) in [6.45, 7) is 4.28. The number of nitrogens with zero attached hydrogens (tertiary/aromatic N) is 2. The van der Waals surface area contributed by atoms with Crippen molar-refractivity contribution in [2.75, 3.05) is 19.6 Å². The Balaban J connectivity index is 1.30. The van der Waals surface area contributed by atoms with E-state index in [9.17, 15) is 4.79 Å². The molecular weight excluding hydrogens is 280 g/mol. The average Bonchev–Trinajstić information content (AvgIpc) is 3.21. The first-order valence-corrected chi connectivity index (χ1v) is 9.24. The van der Waals surface area contributed by atoms with E-state index in [2.05, 4.69) is 21.2 Å². The minimum Gasteiger partial charge on any atom is -0.343 e. The zero-order valence-electron chi connectivity index (χ0n) is 12.6. The van der Waals surface area contributed by atoms with E-state index in [0.29, 0.717) is 17.9 Å². The molecule has 21 heavy (non-hydrogen) atoms. The molecule has 114 valence electrons. The second-order valence-corrected chi connectivity index (χ2v) is 7.85. The summed E-state index contributed by atoms with van der Waals surface area (Å²) in [5.74, 6) is 1.13. The molecule has 0 N–H and O–H groups in total. The van der Waals surface area contributed by atoms with E-state index in [1.807, 2.05) is 11.3 Å². The van der Waals surface area contributed by atoms with Gasteiger partial charge in [-0.15, -0.1) is 11.3 Å². The number of thiophene rings is 1. The van der Waals surface area contributed by atoms with Crippen molar-refractivity contribution in [3.63, 3.8) is 0 Å². The molecule has 3 aliphatic rings. The molecule has 0 unspecified atom stereocenters. The van der Waals surface area contributed by atoms with E-state index in [-0.39, 0.29) is 0 Å². The van der Waals surface area contributed by atoms with Gasteiger partial charge < -0.3 is 4.90 Å². The number of carbonyl (C=O) groups excluding carboxylic acids is 1. The highest BCUT2D eigenvalue weighted by atomic mass is 32.1. The molecule has 0 bridgehead atoms. The Morgan fingerprint density at radius 2 is 2.00 bits per heavy atom. The molecule has 3 heterocycles. The number of fused-ring (bicyclic) bond motifs is 1. The number of carbonyl (C=O) groups is 1. The van der Waals surface area contributed by atoms with Crippen molar-refractivity contribution in [2.24, 2.45) is 5.92 Å². The largest absolute Gasteiger partial charge is 0.343 e. The molecule has 2 aliphatic heterocycles. The van der Waals surface area contributed by atoms with Crippen molar-refractivity contribution in [1.29, 1.82) is 0 Å². The van der Waals surface area contributed by atoms with Crippen molar-refractivity contribution in [3.8, 4) is 0 Å². The van der Waals surface area contributed by atoms with Crippen molar-refractivity contribution in [3.05, 3.63) is 21.9 Å². The van der Waals surface area contributed by atoms with Crippen LogP contribution in [-0.2, 0) is 17.8 Å². The van der Waals surface area contributed by atoms with Gasteiger partial charge in [0.05, 0.1) is 0 Å². The molecular formula is C17H24N2OS. The monoisotopic (exact) mass is 304 g/mol. The fraction of sp³-hybridized carbons (Fsp3) is 0.706. The van der Waals surface area contributed by atoms with E-state index in [0.717, 1.165) is 38.9 Å². The number of hydrogen-bond acceptors (Lipinski definition) is 3. The van der Waals surface area contributed by atoms with Crippen LogP contribution in [0.5, 0.6) is 0 Å². The Kier molecular flexibility index (Phi) is 3.76. The van der Waals surface area contributed by atoms with Crippen LogP contribution < -0.4 is 0 Å². The summed E-state index contributed by atoms with van der Waals surface area (Å²) < 4.78 is 0. The predicted molar refractivity (Wildman–Crippen MR) is 85.4 cm³/mol. The van der Waals surface area contributed by atoms with Gasteiger partial charge in [-0.3, -0.25) is 9.69 Å². The van der Waals surface area contributed by atoms with E-state index < -0.39 is 0 Å². The first-order valence-electron chi connectivity index (χ1n) is 8.36. The molecule has 3 nitrogen and oxygen atoms in total. The first kappa shape index (κ1) is 13.8. The maximum Gasteiger partial charge on any atom is 0.222 e. The van der Waals surface area contributed by atoms with Crippen molar-refractivity contribution in [1.82, 2.24) is 9.80 Å². The molecule has 1 aliphatic carbocycles. The Morgan fingerprint density at radius 3 is 2.76 bits per heavy atom. The van der Waals surface area contributed by atoms with Gasteiger partial charge in [-0.1, -0.05) is 0 Å². The zero-order valence-corrected chi connectivity index (χ0v) is 13.4. The molecule has 1 saturated carbocycles. The third-order valence-corrected chi connectivity index (χ3v) is 6.35. The lowest BCUT2D eigenvalue weighted by Gasteiger charge is -2.40. The fourth-order valence-corrected chi connectivity index (χ4v) is 4.65. The van der Waals surface area contributed by atoms with Crippen molar-refractivity contribution < 1.29 is 4.79 Å². The SMILES string of the molecule is O=C(CC1CC1)N1CCC(N2CCc3sccc3C2)CC1. The van der Waals surface area contributed by atoms with Gasteiger partial charge in [0, 0.05) is 43.5 Å². The van der Waals surface area contributed by atoms with Crippen LogP contribution in [0.15, 0.2) is 11.4 Å².